The molecule has 0 saturated carbocycles. The van der Waals surface area contributed by atoms with Crippen LogP contribution in [0.25, 0.3) is 0 Å². The first-order valence-corrected chi connectivity index (χ1v) is 5.88. The molecule has 0 radical (unpaired) electrons. The molecule has 2 aromatic rings. The number of carbonyl (C=O) groups excluding carboxylic acids is 1. The Labute approximate surface area is 113 Å². The number of pyridine rings is 1. The number of rotatable bonds is 3. The second kappa shape index (κ2) is 5.64. The Morgan fingerprint density at radius 3 is 2.70 bits per heavy atom. The maximum atomic E-state index is 13.0. The van der Waals surface area contributed by atoms with Crippen LogP contribution in [0.2, 0.25) is 0 Å². The van der Waals surface area contributed by atoms with Gasteiger partial charge in [0.15, 0.2) is 11.6 Å². The number of halogens is 2. The minimum absolute atomic E-state index is 0.134. The third-order valence-corrected chi connectivity index (χ3v) is 2.73. The first-order chi connectivity index (χ1) is 9.47. The number of aromatic nitrogens is 1. The molecule has 1 amide bonds. The van der Waals surface area contributed by atoms with Gasteiger partial charge in [-0.15, -0.1) is 0 Å². The minimum Gasteiger partial charge on any atom is -0.324 e. The Hall–Kier alpha value is -2.50. The van der Waals surface area contributed by atoms with E-state index in [2.05, 4.69) is 5.32 Å². The monoisotopic (exact) mass is 278 g/mol. The second-order valence-electron chi connectivity index (χ2n) is 4.30. The Bertz CT molecular complexity index is 711. The van der Waals surface area contributed by atoms with E-state index in [9.17, 15) is 18.4 Å². The molecule has 0 fully saturated rings. The van der Waals surface area contributed by atoms with Crippen LogP contribution >= 0.6 is 0 Å². The highest BCUT2D eigenvalue weighted by Crippen LogP contribution is 2.12. The first kappa shape index (κ1) is 13.9. The molecule has 1 aromatic carbocycles. The van der Waals surface area contributed by atoms with Crippen LogP contribution in [0.5, 0.6) is 0 Å². The maximum Gasteiger partial charge on any atom is 0.253 e. The highest BCUT2D eigenvalue weighted by atomic mass is 19.2. The highest BCUT2D eigenvalue weighted by Gasteiger charge is 2.08. The van der Waals surface area contributed by atoms with Crippen LogP contribution in [0.3, 0.4) is 0 Å². The van der Waals surface area contributed by atoms with Gasteiger partial charge in [0.05, 0.1) is 0 Å². The SMILES string of the molecule is Cc1cccn(CC(=O)Nc2ccc(F)c(F)c2)c1=O. The van der Waals surface area contributed by atoms with E-state index in [0.717, 1.165) is 12.1 Å². The quantitative estimate of drug-likeness (QED) is 0.934. The van der Waals surface area contributed by atoms with Gasteiger partial charge in [-0.3, -0.25) is 9.59 Å². The smallest absolute Gasteiger partial charge is 0.253 e. The third kappa shape index (κ3) is 3.09. The summed E-state index contributed by atoms with van der Waals surface area (Å²) in [7, 11) is 0. The molecule has 20 heavy (non-hydrogen) atoms. The molecule has 0 unspecified atom stereocenters. The van der Waals surface area contributed by atoms with Crippen LogP contribution in [0, 0.1) is 18.6 Å². The van der Waals surface area contributed by atoms with Crippen molar-refractivity contribution in [1.29, 1.82) is 0 Å². The van der Waals surface area contributed by atoms with Crippen LogP contribution in [0.1, 0.15) is 5.56 Å². The van der Waals surface area contributed by atoms with Crippen LogP contribution in [-0.4, -0.2) is 10.5 Å². The summed E-state index contributed by atoms with van der Waals surface area (Å²) in [5, 5.41) is 2.40. The Kier molecular flexibility index (Phi) is 3.93. The zero-order valence-corrected chi connectivity index (χ0v) is 10.7. The van der Waals surface area contributed by atoms with Gasteiger partial charge in [-0.1, -0.05) is 6.07 Å². The van der Waals surface area contributed by atoms with Gasteiger partial charge in [0.2, 0.25) is 5.91 Å². The number of benzene rings is 1. The summed E-state index contributed by atoms with van der Waals surface area (Å²) in [6.45, 7) is 1.45. The molecule has 0 spiro atoms. The molecule has 6 heteroatoms. The average molecular weight is 278 g/mol. The molecule has 1 aromatic heterocycles. The summed E-state index contributed by atoms with van der Waals surface area (Å²) in [6.07, 6.45) is 1.49. The van der Waals surface area contributed by atoms with Gasteiger partial charge >= 0.3 is 0 Å². The van der Waals surface area contributed by atoms with E-state index in [1.54, 1.807) is 19.1 Å². The normalized spacial score (nSPS) is 10.3. The number of amides is 1. The molecule has 104 valence electrons. The number of nitrogens with zero attached hydrogens (tertiary/aromatic N) is 1. The van der Waals surface area contributed by atoms with Crippen molar-refractivity contribution < 1.29 is 13.6 Å². The summed E-state index contributed by atoms with van der Waals surface area (Å²) in [6, 6.07) is 6.35. The topological polar surface area (TPSA) is 51.1 Å². The molecular formula is C14H12F2N2O2. The van der Waals surface area contributed by atoms with Crippen LogP contribution in [0.4, 0.5) is 14.5 Å². The second-order valence-corrected chi connectivity index (χ2v) is 4.30. The van der Waals surface area contributed by atoms with Gasteiger partial charge in [-0.2, -0.15) is 0 Å². The molecule has 4 nitrogen and oxygen atoms in total. The summed E-state index contributed by atoms with van der Waals surface area (Å²) >= 11 is 0. The summed E-state index contributed by atoms with van der Waals surface area (Å²) in [4.78, 5) is 23.5. The largest absolute Gasteiger partial charge is 0.324 e. The zero-order chi connectivity index (χ0) is 14.7. The fourth-order valence-corrected chi connectivity index (χ4v) is 1.71. The maximum absolute atomic E-state index is 13.0. The molecule has 0 saturated heterocycles. The van der Waals surface area contributed by atoms with Crippen molar-refractivity contribution in [2.75, 3.05) is 5.32 Å². The van der Waals surface area contributed by atoms with Crippen molar-refractivity contribution in [2.45, 2.75) is 13.5 Å². The summed E-state index contributed by atoms with van der Waals surface area (Å²) < 4.78 is 27.0. The number of hydrogen-bond donors (Lipinski definition) is 1. The standard InChI is InChI=1S/C14H12F2N2O2/c1-9-3-2-6-18(14(9)20)8-13(19)17-10-4-5-11(15)12(16)7-10/h2-7H,8H2,1H3,(H,17,19). The Balaban J connectivity index is 2.11. The van der Waals surface area contributed by atoms with Crippen LogP contribution in [-0.2, 0) is 11.3 Å². The van der Waals surface area contributed by atoms with Gasteiger partial charge < -0.3 is 9.88 Å². The lowest BCUT2D eigenvalue weighted by molar-refractivity contribution is -0.116. The van der Waals surface area contributed by atoms with Crippen molar-refractivity contribution in [3.8, 4) is 0 Å². The first-order valence-electron chi connectivity index (χ1n) is 5.88. The van der Waals surface area contributed by atoms with Crippen molar-refractivity contribution >= 4 is 11.6 Å². The fourth-order valence-electron chi connectivity index (χ4n) is 1.71. The van der Waals surface area contributed by atoms with Crippen molar-refractivity contribution in [3.63, 3.8) is 0 Å². The molecule has 0 aliphatic carbocycles. The molecule has 0 atom stereocenters. The van der Waals surface area contributed by atoms with E-state index >= 15 is 0 Å². The Morgan fingerprint density at radius 2 is 2.00 bits per heavy atom. The number of anilines is 1. The van der Waals surface area contributed by atoms with Crippen molar-refractivity contribution in [1.82, 2.24) is 4.57 Å². The number of hydrogen-bond acceptors (Lipinski definition) is 2. The van der Waals surface area contributed by atoms with Crippen LogP contribution < -0.4 is 10.9 Å². The molecule has 2 rings (SSSR count). The molecular weight excluding hydrogens is 266 g/mol. The molecule has 0 aliphatic rings. The van der Waals surface area contributed by atoms with E-state index in [1.165, 1.54) is 16.8 Å². The zero-order valence-electron chi connectivity index (χ0n) is 10.7. The van der Waals surface area contributed by atoms with Gasteiger partial charge in [0.1, 0.15) is 6.54 Å². The Morgan fingerprint density at radius 1 is 1.25 bits per heavy atom. The van der Waals surface area contributed by atoms with E-state index in [0.29, 0.717) is 5.56 Å². The van der Waals surface area contributed by atoms with Crippen molar-refractivity contribution in [3.05, 3.63) is 64.1 Å². The fraction of sp³-hybridized carbons (Fsp3) is 0.143. The average Bonchev–Trinajstić information content (AvgIpc) is 2.39. The van der Waals surface area contributed by atoms with Crippen LogP contribution in [0.15, 0.2) is 41.3 Å². The number of aryl methyl sites for hydroxylation is 1. The molecule has 1 N–H and O–H groups in total. The lowest BCUT2D eigenvalue weighted by Gasteiger charge is -2.08. The van der Waals surface area contributed by atoms with E-state index in [-0.39, 0.29) is 17.8 Å². The number of nitrogens with one attached hydrogen (secondary N) is 1. The van der Waals surface area contributed by atoms with E-state index < -0.39 is 17.5 Å². The third-order valence-electron chi connectivity index (χ3n) is 2.73. The van der Waals surface area contributed by atoms with Gasteiger partial charge in [0.25, 0.3) is 5.56 Å². The number of carbonyl (C=O) groups is 1. The van der Waals surface area contributed by atoms with Crippen molar-refractivity contribution in [2.24, 2.45) is 0 Å². The predicted molar refractivity (Wildman–Crippen MR) is 70.4 cm³/mol. The van der Waals surface area contributed by atoms with E-state index in [1.807, 2.05) is 0 Å². The van der Waals surface area contributed by atoms with Gasteiger partial charge in [-0.05, 0) is 25.1 Å². The molecule has 0 bridgehead atoms. The molecule has 0 aliphatic heterocycles. The van der Waals surface area contributed by atoms with Gasteiger partial charge in [0, 0.05) is 23.5 Å². The summed E-state index contributed by atoms with van der Waals surface area (Å²) in [5.41, 5.74) is 0.385. The van der Waals surface area contributed by atoms with Gasteiger partial charge in [-0.25, -0.2) is 8.78 Å². The highest BCUT2D eigenvalue weighted by molar-refractivity contribution is 5.90. The lowest BCUT2D eigenvalue weighted by atomic mass is 10.3. The van der Waals surface area contributed by atoms with E-state index in [4.69, 9.17) is 0 Å². The molecule has 1 heterocycles. The predicted octanol–water partition coefficient (Wildman–Crippen LogP) is 2.07. The minimum atomic E-state index is -1.05. The lowest BCUT2D eigenvalue weighted by Crippen LogP contribution is -2.28. The summed E-state index contributed by atoms with van der Waals surface area (Å²) in [5.74, 6) is -2.53.